The van der Waals surface area contributed by atoms with Crippen LogP contribution in [-0.4, -0.2) is 20.4 Å². The van der Waals surface area contributed by atoms with Crippen LogP contribution in [0, 0.1) is 17.6 Å². The zero-order valence-electron chi connectivity index (χ0n) is 19.3. The van der Waals surface area contributed by atoms with Crippen LogP contribution in [-0.2, 0) is 0 Å². The third-order valence-electron chi connectivity index (χ3n) is 6.57. The lowest BCUT2D eigenvalue weighted by molar-refractivity contribution is 0.199. The van der Waals surface area contributed by atoms with Crippen LogP contribution in [0.2, 0.25) is 0 Å². The Morgan fingerprint density at radius 1 is 0.824 bits per heavy atom. The number of alkyl halides is 1. The van der Waals surface area contributed by atoms with Crippen LogP contribution in [0.3, 0.4) is 0 Å². The van der Waals surface area contributed by atoms with Crippen molar-refractivity contribution in [2.24, 2.45) is 5.92 Å². The van der Waals surface area contributed by atoms with E-state index in [2.05, 4.69) is 0 Å². The first-order valence-electron chi connectivity index (χ1n) is 11.7. The summed E-state index contributed by atoms with van der Waals surface area (Å²) in [6.07, 6.45) is 6.71. The first-order valence-corrected chi connectivity index (χ1v) is 11.7. The van der Waals surface area contributed by atoms with E-state index in [9.17, 15) is 13.2 Å². The van der Waals surface area contributed by atoms with Gasteiger partial charge in [0, 0.05) is 0 Å². The Bertz CT molecular complexity index is 1100. The Morgan fingerprint density at radius 2 is 1.47 bits per heavy atom. The minimum absolute atomic E-state index is 0.0230. The van der Waals surface area contributed by atoms with Gasteiger partial charge in [-0.15, -0.1) is 0 Å². The second kappa shape index (κ2) is 11.3. The van der Waals surface area contributed by atoms with Crippen molar-refractivity contribution in [2.75, 3.05) is 20.4 Å². The number of allylic oxidation sites excluding steroid dienone is 1. The SMILES string of the molecule is COc1ccc(C2CCC(COc3ccc(-c4ccc(/C=C/CF)cc4)cc3)CC2)c(F)c1F. The van der Waals surface area contributed by atoms with Crippen molar-refractivity contribution in [1.82, 2.24) is 0 Å². The van der Waals surface area contributed by atoms with Gasteiger partial charge in [0.1, 0.15) is 12.4 Å². The van der Waals surface area contributed by atoms with Crippen LogP contribution in [0.25, 0.3) is 17.2 Å². The van der Waals surface area contributed by atoms with Crippen LogP contribution in [0.4, 0.5) is 13.2 Å². The highest BCUT2D eigenvalue weighted by molar-refractivity contribution is 5.66. The van der Waals surface area contributed by atoms with Gasteiger partial charge in [-0.25, -0.2) is 8.78 Å². The first-order chi connectivity index (χ1) is 16.6. The van der Waals surface area contributed by atoms with E-state index >= 15 is 0 Å². The molecule has 1 fully saturated rings. The molecule has 3 aromatic carbocycles. The smallest absolute Gasteiger partial charge is 0.200 e. The first kappa shape index (κ1) is 23.9. The van der Waals surface area contributed by atoms with Crippen molar-refractivity contribution in [3.63, 3.8) is 0 Å². The van der Waals surface area contributed by atoms with Crippen LogP contribution in [0.1, 0.15) is 42.7 Å². The zero-order valence-corrected chi connectivity index (χ0v) is 19.3. The summed E-state index contributed by atoms with van der Waals surface area (Å²) in [6, 6.07) is 19.1. The van der Waals surface area contributed by atoms with Gasteiger partial charge in [-0.2, -0.15) is 4.39 Å². The van der Waals surface area contributed by atoms with Crippen LogP contribution in [0.5, 0.6) is 11.5 Å². The highest BCUT2D eigenvalue weighted by Crippen LogP contribution is 2.38. The van der Waals surface area contributed by atoms with Gasteiger partial charge in [-0.05, 0) is 78.0 Å². The molecule has 0 amide bonds. The highest BCUT2D eigenvalue weighted by Gasteiger charge is 2.27. The van der Waals surface area contributed by atoms with Crippen LogP contribution >= 0.6 is 0 Å². The number of rotatable bonds is 8. The quantitative estimate of drug-likeness (QED) is 0.335. The molecule has 0 saturated heterocycles. The van der Waals surface area contributed by atoms with Crippen molar-refractivity contribution in [3.8, 4) is 22.6 Å². The number of ether oxygens (including phenoxy) is 2. The largest absolute Gasteiger partial charge is 0.494 e. The fourth-order valence-electron chi connectivity index (χ4n) is 4.58. The Hall–Kier alpha value is -3.21. The molecule has 1 saturated carbocycles. The van der Waals surface area contributed by atoms with Gasteiger partial charge >= 0.3 is 0 Å². The predicted molar refractivity (Wildman–Crippen MR) is 130 cm³/mol. The third-order valence-corrected chi connectivity index (χ3v) is 6.57. The molecule has 178 valence electrons. The summed E-state index contributed by atoms with van der Waals surface area (Å²) in [6.45, 7) is 0.146. The molecule has 1 aliphatic rings. The maximum atomic E-state index is 14.4. The Labute approximate surface area is 199 Å². The van der Waals surface area contributed by atoms with Gasteiger partial charge in [0.05, 0.1) is 13.7 Å². The van der Waals surface area contributed by atoms with Crippen LogP contribution < -0.4 is 9.47 Å². The molecule has 1 aliphatic carbocycles. The molecule has 3 aromatic rings. The summed E-state index contributed by atoms with van der Waals surface area (Å²) in [4.78, 5) is 0. The topological polar surface area (TPSA) is 18.5 Å². The van der Waals surface area contributed by atoms with Crippen molar-refractivity contribution in [1.29, 1.82) is 0 Å². The lowest BCUT2D eigenvalue weighted by Gasteiger charge is -2.29. The van der Waals surface area contributed by atoms with E-state index in [0.717, 1.165) is 48.1 Å². The van der Waals surface area contributed by atoms with Crippen molar-refractivity contribution in [3.05, 3.63) is 89.5 Å². The average Bonchev–Trinajstić information content (AvgIpc) is 2.89. The van der Waals surface area contributed by atoms with Gasteiger partial charge < -0.3 is 9.47 Å². The average molecular weight is 467 g/mol. The molecule has 0 unspecified atom stereocenters. The number of benzene rings is 3. The van der Waals surface area contributed by atoms with E-state index in [1.54, 1.807) is 12.1 Å². The van der Waals surface area contributed by atoms with Gasteiger partial charge in [0.25, 0.3) is 0 Å². The molecule has 0 bridgehead atoms. The van der Waals surface area contributed by atoms with E-state index in [4.69, 9.17) is 9.47 Å². The molecule has 0 atom stereocenters. The van der Waals surface area contributed by atoms with Gasteiger partial charge in [-0.3, -0.25) is 0 Å². The second-order valence-electron chi connectivity index (χ2n) is 8.72. The van der Waals surface area contributed by atoms with Gasteiger partial charge in [0.15, 0.2) is 11.6 Å². The molecule has 4 rings (SSSR count). The Morgan fingerprint density at radius 3 is 2.09 bits per heavy atom. The lowest BCUT2D eigenvalue weighted by atomic mass is 9.79. The van der Waals surface area contributed by atoms with E-state index in [1.807, 2.05) is 48.5 Å². The maximum Gasteiger partial charge on any atom is 0.200 e. The molecule has 0 radical (unpaired) electrons. The number of halogens is 3. The van der Waals surface area contributed by atoms with Gasteiger partial charge in [0.2, 0.25) is 5.82 Å². The fraction of sp³-hybridized carbons (Fsp3) is 0.310. The molecule has 0 spiro atoms. The van der Waals surface area contributed by atoms with Crippen LogP contribution in [0.15, 0.2) is 66.7 Å². The number of hydrogen-bond donors (Lipinski definition) is 0. The Balaban J connectivity index is 1.28. The predicted octanol–water partition coefficient (Wildman–Crippen LogP) is 7.98. The third kappa shape index (κ3) is 5.64. The molecule has 5 heteroatoms. The van der Waals surface area contributed by atoms with E-state index in [1.165, 1.54) is 19.3 Å². The van der Waals surface area contributed by atoms with E-state index < -0.39 is 18.3 Å². The minimum atomic E-state index is -0.904. The summed E-state index contributed by atoms with van der Waals surface area (Å²) < 4.78 is 51.6. The van der Waals surface area contributed by atoms with Crippen molar-refractivity contribution in [2.45, 2.75) is 31.6 Å². The standard InChI is InChI=1S/C29H29F3O2/c1-33-27-17-16-26(28(31)29(27)32)24-10-6-21(7-11-24)19-34-25-14-12-23(13-15-25)22-8-4-20(5-9-22)3-2-18-30/h2-5,8-9,12-17,21,24H,6-7,10-11,18-19H2,1H3/b3-2+. The number of hydrogen-bond acceptors (Lipinski definition) is 2. The molecule has 0 heterocycles. The molecule has 2 nitrogen and oxygen atoms in total. The number of methoxy groups -OCH3 is 1. The molecule has 0 aromatic heterocycles. The van der Waals surface area contributed by atoms with Gasteiger partial charge in [-0.1, -0.05) is 54.6 Å². The molecule has 0 N–H and O–H groups in total. The second-order valence-corrected chi connectivity index (χ2v) is 8.72. The zero-order chi connectivity index (χ0) is 23.9. The normalized spacial score (nSPS) is 18.2. The van der Waals surface area contributed by atoms with Crippen molar-refractivity contribution >= 4 is 6.08 Å². The lowest BCUT2D eigenvalue weighted by Crippen LogP contribution is -2.20. The Kier molecular flexibility index (Phi) is 7.94. The summed E-state index contributed by atoms with van der Waals surface area (Å²) in [5.74, 6) is -0.515. The monoisotopic (exact) mass is 466 g/mol. The summed E-state index contributed by atoms with van der Waals surface area (Å²) in [5.41, 5.74) is 3.59. The molecular formula is C29H29F3O2. The molecule has 0 aliphatic heterocycles. The summed E-state index contributed by atoms with van der Waals surface area (Å²) in [5, 5.41) is 0. The molecule has 34 heavy (non-hydrogen) atoms. The van der Waals surface area contributed by atoms with E-state index in [0.29, 0.717) is 18.1 Å². The van der Waals surface area contributed by atoms with E-state index in [-0.39, 0.29) is 11.7 Å². The summed E-state index contributed by atoms with van der Waals surface area (Å²) in [7, 11) is 1.34. The fourth-order valence-corrected chi connectivity index (χ4v) is 4.58. The highest BCUT2D eigenvalue weighted by atomic mass is 19.2. The maximum absolute atomic E-state index is 14.4. The summed E-state index contributed by atoms with van der Waals surface area (Å²) >= 11 is 0. The minimum Gasteiger partial charge on any atom is -0.494 e. The van der Waals surface area contributed by atoms with Crippen molar-refractivity contribution < 1.29 is 22.6 Å². The molecular weight excluding hydrogens is 437 g/mol.